The molecule has 1 amide bonds. The van der Waals surface area contributed by atoms with Crippen LogP contribution in [0.4, 0.5) is 0 Å². The molecule has 0 saturated heterocycles. The smallest absolute Gasteiger partial charge is 0.253 e. The summed E-state index contributed by atoms with van der Waals surface area (Å²) < 4.78 is 1.77. The van der Waals surface area contributed by atoms with Gasteiger partial charge in [-0.05, 0) is 32.8 Å². The van der Waals surface area contributed by atoms with Gasteiger partial charge in [0.2, 0.25) is 0 Å². The molecule has 1 saturated carbocycles. The highest BCUT2D eigenvalue weighted by Gasteiger charge is 2.19. The first-order valence-electron chi connectivity index (χ1n) is 8.68. The first-order valence-corrected chi connectivity index (χ1v) is 8.68. The van der Waals surface area contributed by atoms with E-state index in [0.717, 1.165) is 35.3 Å². The average Bonchev–Trinajstić information content (AvgIpc) is 2.75. The molecular weight excluding hydrogens is 288 g/mol. The molecule has 1 fully saturated rings. The Morgan fingerprint density at radius 2 is 1.78 bits per heavy atom. The van der Waals surface area contributed by atoms with Crippen LogP contribution in [0, 0.1) is 13.8 Å². The number of carbonyl (C=O) groups is 1. The lowest BCUT2D eigenvalue weighted by Crippen LogP contribution is -2.35. The van der Waals surface area contributed by atoms with Crippen molar-refractivity contribution in [2.45, 2.75) is 64.8 Å². The summed E-state index contributed by atoms with van der Waals surface area (Å²) in [5.41, 5.74) is 3.19. The van der Waals surface area contributed by atoms with Gasteiger partial charge in [0.15, 0.2) is 5.65 Å². The number of aromatic nitrogens is 3. The van der Waals surface area contributed by atoms with Gasteiger partial charge < -0.3 is 5.32 Å². The maximum atomic E-state index is 12.7. The van der Waals surface area contributed by atoms with Crippen LogP contribution in [0.25, 0.3) is 11.0 Å². The second kappa shape index (κ2) is 6.69. The number of hydrogen-bond donors (Lipinski definition) is 1. The zero-order valence-corrected chi connectivity index (χ0v) is 14.4. The van der Waals surface area contributed by atoms with Gasteiger partial charge in [-0.25, -0.2) is 4.98 Å². The quantitative estimate of drug-likeness (QED) is 0.924. The number of carbonyl (C=O) groups excluding carboxylic acids is 1. The number of nitrogens with one attached hydrogen (secondary N) is 1. The third-order valence-electron chi connectivity index (χ3n) is 4.87. The van der Waals surface area contributed by atoms with Crippen LogP contribution in [0.3, 0.4) is 0 Å². The van der Waals surface area contributed by atoms with Crippen LogP contribution in [0.5, 0.6) is 0 Å². The fourth-order valence-corrected chi connectivity index (χ4v) is 3.53. The van der Waals surface area contributed by atoms with E-state index < -0.39 is 0 Å². The lowest BCUT2D eigenvalue weighted by atomic mass is 9.96. The molecule has 5 heteroatoms. The van der Waals surface area contributed by atoms with Crippen LogP contribution < -0.4 is 5.32 Å². The Hall–Kier alpha value is -1.91. The molecule has 124 valence electrons. The van der Waals surface area contributed by atoms with Crippen molar-refractivity contribution in [1.29, 1.82) is 0 Å². The van der Waals surface area contributed by atoms with Gasteiger partial charge in [0.05, 0.1) is 17.0 Å². The molecule has 1 N–H and O–H groups in total. The summed E-state index contributed by atoms with van der Waals surface area (Å²) >= 11 is 0. The van der Waals surface area contributed by atoms with E-state index in [4.69, 9.17) is 0 Å². The summed E-state index contributed by atoms with van der Waals surface area (Å²) in [4.78, 5) is 17.3. The molecule has 0 spiro atoms. The summed E-state index contributed by atoms with van der Waals surface area (Å²) in [5.74, 6) is 0.00530. The van der Waals surface area contributed by atoms with E-state index in [-0.39, 0.29) is 5.91 Å². The maximum absolute atomic E-state index is 12.7. The minimum Gasteiger partial charge on any atom is -0.349 e. The lowest BCUT2D eigenvalue weighted by Gasteiger charge is -2.21. The van der Waals surface area contributed by atoms with E-state index in [1.54, 1.807) is 4.68 Å². The largest absolute Gasteiger partial charge is 0.349 e. The fraction of sp³-hybridized carbons (Fsp3) is 0.611. The second-order valence-electron chi connectivity index (χ2n) is 6.72. The van der Waals surface area contributed by atoms with Gasteiger partial charge in [0, 0.05) is 18.5 Å². The topological polar surface area (TPSA) is 59.8 Å². The van der Waals surface area contributed by atoms with Gasteiger partial charge in [0.1, 0.15) is 0 Å². The van der Waals surface area contributed by atoms with Crippen molar-refractivity contribution in [2.24, 2.45) is 7.05 Å². The van der Waals surface area contributed by atoms with E-state index >= 15 is 0 Å². The van der Waals surface area contributed by atoms with Crippen LogP contribution in [-0.2, 0) is 7.05 Å². The monoisotopic (exact) mass is 314 g/mol. The summed E-state index contributed by atoms with van der Waals surface area (Å²) in [6.07, 6.45) is 8.51. The number of hydrogen-bond acceptors (Lipinski definition) is 3. The van der Waals surface area contributed by atoms with Crippen molar-refractivity contribution in [1.82, 2.24) is 20.1 Å². The SMILES string of the molecule is Cc1nc2c(cc1C(=O)NC1CCCCCCC1)c(C)nn2C. The van der Waals surface area contributed by atoms with Gasteiger partial charge in [-0.15, -0.1) is 0 Å². The lowest BCUT2D eigenvalue weighted by molar-refractivity contribution is 0.0929. The van der Waals surface area contributed by atoms with Crippen LogP contribution >= 0.6 is 0 Å². The Balaban J connectivity index is 1.82. The van der Waals surface area contributed by atoms with E-state index in [0.29, 0.717) is 11.6 Å². The van der Waals surface area contributed by atoms with E-state index in [9.17, 15) is 4.79 Å². The van der Waals surface area contributed by atoms with E-state index in [2.05, 4.69) is 15.4 Å². The van der Waals surface area contributed by atoms with Crippen molar-refractivity contribution in [2.75, 3.05) is 0 Å². The normalized spacial score (nSPS) is 17.0. The highest BCUT2D eigenvalue weighted by Crippen LogP contribution is 2.21. The maximum Gasteiger partial charge on any atom is 0.253 e. The zero-order valence-electron chi connectivity index (χ0n) is 14.4. The Bertz CT molecular complexity index is 711. The third kappa shape index (κ3) is 3.38. The Morgan fingerprint density at radius 1 is 1.13 bits per heavy atom. The number of aryl methyl sites for hydroxylation is 3. The van der Waals surface area contributed by atoms with Gasteiger partial charge in [-0.2, -0.15) is 5.10 Å². The molecule has 23 heavy (non-hydrogen) atoms. The van der Waals surface area contributed by atoms with Gasteiger partial charge in [-0.3, -0.25) is 9.48 Å². The van der Waals surface area contributed by atoms with Crippen LogP contribution in [-0.4, -0.2) is 26.7 Å². The predicted octanol–water partition coefficient (Wildman–Crippen LogP) is 3.43. The van der Waals surface area contributed by atoms with Crippen LogP contribution in [0.1, 0.15) is 66.7 Å². The Morgan fingerprint density at radius 3 is 2.48 bits per heavy atom. The predicted molar refractivity (Wildman–Crippen MR) is 91.6 cm³/mol. The molecule has 5 nitrogen and oxygen atoms in total. The molecule has 3 rings (SSSR count). The molecule has 0 radical (unpaired) electrons. The molecule has 1 aliphatic rings. The molecule has 0 atom stereocenters. The molecule has 2 heterocycles. The number of amides is 1. The van der Waals surface area contributed by atoms with Crippen molar-refractivity contribution in [3.8, 4) is 0 Å². The minimum absolute atomic E-state index is 0.00530. The number of fused-ring (bicyclic) bond motifs is 1. The van der Waals surface area contributed by atoms with Crippen molar-refractivity contribution in [3.05, 3.63) is 23.0 Å². The summed E-state index contributed by atoms with van der Waals surface area (Å²) in [7, 11) is 1.88. The van der Waals surface area contributed by atoms with E-state index in [1.165, 1.54) is 32.1 Å². The fourth-order valence-electron chi connectivity index (χ4n) is 3.53. The highest BCUT2D eigenvalue weighted by molar-refractivity contribution is 5.98. The van der Waals surface area contributed by atoms with Crippen molar-refractivity contribution < 1.29 is 4.79 Å². The first-order chi connectivity index (χ1) is 11.1. The van der Waals surface area contributed by atoms with Crippen LogP contribution in [0.15, 0.2) is 6.07 Å². The zero-order chi connectivity index (χ0) is 16.4. The molecule has 2 aromatic rings. The van der Waals surface area contributed by atoms with Crippen LogP contribution in [0.2, 0.25) is 0 Å². The number of pyridine rings is 1. The summed E-state index contributed by atoms with van der Waals surface area (Å²) in [6, 6.07) is 2.24. The number of nitrogens with zero attached hydrogens (tertiary/aromatic N) is 3. The van der Waals surface area contributed by atoms with Gasteiger partial charge >= 0.3 is 0 Å². The highest BCUT2D eigenvalue weighted by atomic mass is 16.1. The molecular formula is C18H26N4O. The summed E-state index contributed by atoms with van der Waals surface area (Å²) in [6.45, 7) is 3.85. The molecule has 2 aromatic heterocycles. The average molecular weight is 314 g/mol. The molecule has 0 bridgehead atoms. The Kier molecular flexibility index (Phi) is 4.64. The first kappa shape index (κ1) is 16.0. The molecule has 0 unspecified atom stereocenters. The molecule has 1 aliphatic carbocycles. The number of rotatable bonds is 2. The Labute approximate surface area is 137 Å². The summed E-state index contributed by atoms with van der Waals surface area (Å²) in [5, 5.41) is 8.58. The second-order valence-corrected chi connectivity index (χ2v) is 6.72. The third-order valence-corrected chi connectivity index (χ3v) is 4.87. The molecule has 0 aromatic carbocycles. The van der Waals surface area contributed by atoms with Crippen molar-refractivity contribution in [3.63, 3.8) is 0 Å². The minimum atomic E-state index is 0.00530. The van der Waals surface area contributed by atoms with E-state index in [1.807, 2.05) is 27.0 Å². The standard InChI is InChI=1S/C18H26N4O/c1-12-16(11-15-13(2)21-22(3)17(15)19-12)18(23)20-14-9-7-5-4-6-8-10-14/h11,14H,4-10H2,1-3H3,(H,20,23). The van der Waals surface area contributed by atoms with Gasteiger partial charge in [-0.1, -0.05) is 32.1 Å². The van der Waals surface area contributed by atoms with Crippen molar-refractivity contribution >= 4 is 16.9 Å². The molecule has 0 aliphatic heterocycles. The van der Waals surface area contributed by atoms with Gasteiger partial charge in [0.25, 0.3) is 5.91 Å².